The molecular formula is C8H12ClNO. The van der Waals surface area contributed by atoms with Crippen LogP contribution in [0.5, 0.6) is 0 Å². The molecule has 0 saturated heterocycles. The van der Waals surface area contributed by atoms with E-state index in [0.29, 0.717) is 16.3 Å². The largest absolute Gasteiger partial charge is 0.294 e. The Bertz CT molecular complexity index is 224. The molecule has 0 heterocycles. The lowest BCUT2D eigenvalue weighted by molar-refractivity contribution is -0.113. The van der Waals surface area contributed by atoms with E-state index in [9.17, 15) is 4.79 Å². The van der Waals surface area contributed by atoms with Gasteiger partial charge in [-0.3, -0.25) is 9.79 Å². The number of Topliss-reactive ketones (excluding diaryl/α,β-unsaturated/α-hetero) is 1. The molecule has 0 spiro atoms. The second-order valence-corrected chi connectivity index (χ2v) is 2.84. The molecule has 0 amide bonds. The highest BCUT2D eigenvalue weighted by molar-refractivity contribution is 6.36. The van der Waals surface area contributed by atoms with E-state index in [1.807, 2.05) is 0 Å². The van der Waals surface area contributed by atoms with Gasteiger partial charge in [-0.1, -0.05) is 11.6 Å². The van der Waals surface area contributed by atoms with Crippen molar-refractivity contribution in [2.75, 3.05) is 7.05 Å². The quantitative estimate of drug-likeness (QED) is 0.465. The van der Waals surface area contributed by atoms with E-state index in [1.165, 1.54) is 6.92 Å². The van der Waals surface area contributed by atoms with E-state index in [0.717, 1.165) is 0 Å². The molecule has 0 bridgehead atoms. The standard InChI is InChI=1S/C8H12ClNO/c1-5(9)8(7(3)11)6(2)10-4/h1-4H3. The van der Waals surface area contributed by atoms with Gasteiger partial charge < -0.3 is 0 Å². The zero-order chi connectivity index (χ0) is 9.02. The number of carbonyl (C=O) groups is 1. The number of rotatable bonds is 2. The Morgan fingerprint density at radius 1 is 1.27 bits per heavy atom. The molecule has 0 fully saturated rings. The van der Waals surface area contributed by atoms with Crippen LogP contribution in [0.15, 0.2) is 15.6 Å². The summed E-state index contributed by atoms with van der Waals surface area (Å²) in [6.07, 6.45) is 0. The summed E-state index contributed by atoms with van der Waals surface area (Å²) in [5.74, 6) is -0.0411. The molecule has 0 aromatic carbocycles. The van der Waals surface area contributed by atoms with Crippen LogP contribution in [0.4, 0.5) is 0 Å². The van der Waals surface area contributed by atoms with Crippen LogP contribution >= 0.6 is 11.6 Å². The van der Waals surface area contributed by atoms with E-state index in [1.54, 1.807) is 20.9 Å². The van der Waals surface area contributed by atoms with Crippen LogP contribution in [-0.2, 0) is 4.79 Å². The Morgan fingerprint density at radius 3 is 1.82 bits per heavy atom. The van der Waals surface area contributed by atoms with Gasteiger partial charge in [-0.05, 0) is 20.8 Å². The van der Waals surface area contributed by atoms with Crippen LogP contribution in [0.1, 0.15) is 20.8 Å². The number of carbonyl (C=O) groups excluding carboxylic acids is 1. The first kappa shape index (κ1) is 10.4. The van der Waals surface area contributed by atoms with Crippen molar-refractivity contribution in [1.29, 1.82) is 0 Å². The highest BCUT2D eigenvalue weighted by Gasteiger charge is 2.09. The maximum absolute atomic E-state index is 11.0. The number of allylic oxidation sites excluding steroid dienone is 2. The minimum atomic E-state index is -0.0411. The van der Waals surface area contributed by atoms with Gasteiger partial charge in [0.15, 0.2) is 5.78 Å². The third-order valence-electron chi connectivity index (χ3n) is 1.39. The maximum atomic E-state index is 11.0. The van der Waals surface area contributed by atoms with Crippen molar-refractivity contribution in [2.24, 2.45) is 4.99 Å². The normalized spacial score (nSPS) is 14.5. The molecule has 0 aliphatic heterocycles. The minimum absolute atomic E-state index is 0.0411. The van der Waals surface area contributed by atoms with E-state index >= 15 is 0 Å². The summed E-state index contributed by atoms with van der Waals surface area (Å²) in [6.45, 7) is 4.94. The highest BCUT2D eigenvalue weighted by Crippen LogP contribution is 2.11. The van der Waals surface area contributed by atoms with Gasteiger partial charge in [0.1, 0.15) is 0 Å². The first-order chi connectivity index (χ1) is 5.00. The summed E-state index contributed by atoms with van der Waals surface area (Å²) in [5, 5.41) is 0.501. The Labute approximate surface area is 72.0 Å². The third kappa shape index (κ3) is 2.85. The van der Waals surface area contributed by atoms with E-state index < -0.39 is 0 Å². The van der Waals surface area contributed by atoms with Crippen molar-refractivity contribution in [3.05, 3.63) is 10.6 Å². The van der Waals surface area contributed by atoms with Crippen molar-refractivity contribution in [3.8, 4) is 0 Å². The summed E-state index contributed by atoms with van der Waals surface area (Å²) in [6, 6.07) is 0. The van der Waals surface area contributed by atoms with Crippen molar-refractivity contribution in [1.82, 2.24) is 0 Å². The number of hydrogen-bond acceptors (Lipinski definition) is 2. The van der Waals surface area contributed by atoms with E-state index in [-0.39, 0.29) is 5.78 Å². The van der Waals surface area contributed by atoms with Gasteiger partial charge in [-0.25, -0.2) is 0 Å². The first-order valence-electron chi connectivity index (χ1n) is 3.31. The number of nitrogens with zero attached hydrogens (tertiary/aromatic N) is 1. The van der Waals surface area contributed by atoms with Gasteiger partial charge in [0.25, 0.3) is 0 Å². The monoisotopic (exact) mass is 173 g/mol. The predicted octanol–water partition coefficient (Wildman–Crippen LogP) is 2.18. The van der Waals surface area contributed by atoms with Gasteiger partial charge in [0.2, 0.25) is 0 Å². The Kier molecular flexibility index (Phi) is 4.04. The number of halogens is 1. The molecule has 0 rings (SSSR count). The number of aliphatic imine (C=N–C) groups is 1. The van der Waals surface area contributed by atoms with Crippen LogP contribution in [0.3, 0.4) is 0 Å². The molecule has 0 aromatic heterocycles. The van der Waals surface area contributed by atoms with E-state index in [4.69, 9.17) is 11.6 Å². The SMILES string of the molecule is CN=C(C)C(C(C)=O)=C(C)Cl. The van der Waals surface area contributed by atoms with Crippen molar-refractivity contribution in [2.45, 2.75) is 20.8 Å². The predicted molar refractivity (Wildman–Crippen MR) is 48.3 cm³/mol. The van der Waals surface area contributed by atoms with Crippen molar-refractivity contribution in [3.63, 3.8) is 0 Å². The van der Waals surface area contributed by atoms with Crippen molar-refractivity contribution >= 4 is 23.1 Å². The van der Waals surface area contributed by atoms with Crippen LogP contribution in [0.2, 0.25) is 0 Å². The molecule has 0 aliphatic rings. The third-order valence-corrected chi connectivity index (χ3v) is 1.58. The second-order valence-electron chi connectivity index (χ2n) is 2.27. The van der Waals surface area contributed by atoms with E-state index in [2.05, 4.69) is 4.99 Å². The fourth-order valence-corrected chi connectivity index (χ4v) is 1.13. The zero-order valence-corrected chi connectivity index (χ0v) is 7.99. The first-order valence-corrected chi connectivity index (χ1v) is 3.69. The summed E-state index contributed by atoms with van der Waals surface area (Å²) >= 11 is 5.69. The topological polar surface area (TPSA) is 29.4 Å². The fourth-order valence-electron chi connectivity index (χ4n) is 0.858. The van der Waals surface area contributed by atoms with Crippen LogP contribution in [0, 0.1) is 0 Å². The van der Waals surface area contributed by atoms with Crippen LogP contribution in [0.25, 0.3) is 0 Å². The summed E-state index contributed by atoms with van der Waals surface area (Å²) in [4.78, 5) is 14.8. The molecule has 11 heavy (non-hydrogen) atoms. The minimum Gasteiger partial charge on any atom is -0.294 e. The highest BCUT2D eigenvalue weighted by atomic mass is 35.5. The molecule has 0 saturated carbocycles. The second kappa shape index (κ2) is 4.29. The van der Waals surface area contributed by atoms with Gasteiger partial charge >= 0.3 is 0 Å². The van der Waals surface area contributed by atoms with Gasteiger partial charge in [-0.2, -0.15) is 0 Å². The lowest BCUT2D eigenvalue weighted by Gasteiger charge is -2.02. The summed E-state index contributed by atoms with van der Waals surface area (Å²) < 4.78 is 0. The molecule has 0 unspecified atom stereocenters. The zero-order valence-electron chi connectivity index (χ0n) is 7.23. The number of ketones is 1. The summed E-state index contributed by atoms with van der Waals surface area (Å²) in [7, 11) is 1.64. The molecule has 0 N–H and O–H groups in total. The lowest BCUT2D eigenvalue weighted by Crippen LogP contribution is -2.07. The van der Waals surface area contributed by atoms with Gasteiger partial charge in [-0.15, -0.1) is 0 Å². The van der Waals surface area contributed by atoms with Crippen LogP contribution in [-0.4, -0.2) is 18.5 Å². The average Bonchev–Trinajstić information content (AvgIpc) is 1.85. The average molecular weight is 174 g/mol. The van der Waals surface area contributed by atoms with Gasteiger partial charge in [0.05, 0.1) is 5.57 Å². The van der Waals surface area contributed by atoms with Crippen LogP contribution < -0.4 is 0 Å². The molecule has 0 atom stereocenters. The molecule has 0 aromatic rings. The molecular weight excluding hydrogens is 162 g/mol. The Balaban J connectivity index is 4.95. The Hall–Kier alpha value is -0.630. The molecule has 62 valence electrons. The van der Waals surface area contributed by atoms with Gasteiger partial charge in [0, 0.05) is 17.8 Å². The number of hydrogen-bond donors (Lipinski definition) is 0. The molecule has 3 heteroatoms. The summed E-state index contributed by atoms with van der Waals surface area (Å²) in [5.41, 5.74) is 1.21. The van der Waals surface area contributed by atoms with Crippen molar-refractivity contribution < 1.29 is 4.79 Å². The smallest absolute Gasteiger partial charge is 0.162 e. The molecule has 2 nitrogen and oxygen atoms in total. The Morgan fingerprint density at radius 2 is 1.73 bits per heavy atom. The molecule has 0 radical (unpaired) electrons. The molecule has 0 aliphatic carbocycles. The fraction of sp³-hybridized carbons (Fsp3) is 0.500. The lowest BCUT2D eigenvalue weighted by atomic mass is 10.1. The maximum Gasteiger partial charge on any atom is 0.162 e.